The Balaban J connectivity index is -0.000000163. The fourth-order valence-corrected chi connectivity index (χ4v) is 1.68. The van der Waals surface area contributed by atoms with Crippen LogP contribution >= 0.6 is 0 Å². The van der Waals surface area contributed by atoms with Crippen molar-refractivity contribution in [2.75, 3.05) is 0 Å². The zero-order valence-corrected chi connectivity index (χ0v) is 14.2. The van der Waals surface area contributed by atoms with Gasteiger partial charge in [-0.15, -0.1) is 0 Å². The quantitative estimate of drug-likeness (QED) is 0.598. The third-order valence-electron chi connectivity index (χ3n) is 2.42. The Kier molecular flexibility index (Phi) is 16.1. The van der Waals surface area contributed by atoms with Gasteiger partial charge in [-0.05, 0) is 12.5 Å². The Morgan fingerprint density at radius 3 is 2.10 bits per heavy atom. The SMILES string of the molecule is C.CC.CC.CC.CCCn1ccc2nc3c(nc21)C3.[2HH].[B]. The highest BCUT2D eigenvalue weighted by Crippen LogP contribution is 2.26. The van der Waals surface area contributed by atoms with Crippen molar-refractivity contribution < 1.29 is 1.43 Å². The maximum absolute atomic E-state index is 4.55. The van der Waals surface area contributed by atoms with Gasteiger partial charge >= 0.3 is 0 Å². The van der Waals surface area contributed by atoms with Crippen LogP contribution in [-0.2, 0) is 13.0 Å². The van der Waals surface area contributed by atoms with Crippen molar-refractivity contribution in [3.8, 4) is 0 Å². The summed E-state index contributed by atoms with van der Waals surface area (Å²) in [6.45, 7) is 15.2. The van der Waals surface area contributed by atoms with Crippen molar-refractivity contribution in [3.63, 3.8) is 0 Å². The average molecular weight is 293 g/mol. The van der Waals surface area contributed by atoms with Gasteiger partial charge in [-0.2, -0.15) is 0 Å². The molecule has 0 aliphatic heterocycles. The lowest BCUT2D eigenvalue weighted by molar-refractivity contribution is 0.697. The fraction of sp³-hybridized carbons (Fsp3) is 0.647. The van der Waals surface area contributed by atoms with E-state index < -0.39 is 0 Å². The zero-order valence-electron chi connectivity index (χ0n) is 14.2. The van der Waals surface area contributed by atoms with Crippen LogP contribution in [0.5, 0.6) is 0 Å². The van der Waals surface area contributed by atoms with Crippen LogP contribution in [0, 0.1) is 0 Å². The monoisotopic (exact) mass is 293 g/mol. The van der Waals surface area contributed by atoms with E-state index in [2.05, 4.69) is 33.7 Å². The van der Waals surface area contributed by atoms with Gasteiger partial charge in [-0.25, -0.2) is 9.97 Å². The minimum atomic E-state index is 0. The van der Waals surface area contributed by atoms with Crippen molar-refractivity contribution in [3.05, 3.63) is 23.7 Å². The molecule has 0 saturated carbocycles. The molecule has 0 saturated heterocycles. The van der Waals surface area contributed by atoms with Crippen LogP contribution in [0.2, 0.25) is 0 Å². The second kappa shape index (κ2) is 13.7. The van der Waals surface area contributed by atoms with E-state index in [0.29, 0.717) is 0 Å². The summed E-state index contributed by atoms with van der Waals surface area (Å²) in [6.07, 6.45) is 4.22. The van der Waals surface area contributed by atoms with E-state index in [1.165, 1.54) is 11.4 Å². The van der Waals surface area contributed by atoms with Gasteiger partial charge in [-0.3, -0.25) is 0 Å². The van der Waals surface area contributed by atoms with Crippen LogP contribution in [0.3, 0.4) is 0 Å². The normalized spacial score (nSPS) is 9.10. The topological polar surface area (TPSA) is 30.7 Å². The first-order valence-electron chi connectivity index (χ1n) is 7.73. The average Bonchev–Trinajstić information content (AvgIpc) is 3.17. The molecular formula is C17H35BN3. The maximum atomic E-state index is 4.55. The van der Waals surface area contributed by atoms with E-state index in [1.807, 2.05) is 41.5 Å². The molecule has 2 aromatic rings. The molecule has 0 amide bonds. The Morgan fingerprint density at radius 1 is 1.05 bits per heavy atom. The van der Waals surface area contributed by atoms with Gasteiger partial charge in [0, 0.05) is 29.0 Å². The largest absolute Gasteiger partial charge is 0.331 e. The van der Waals surface area contributed by atoms with E-state index in [-0.39, 0.29) is 17.3 Å². The van der Waals surface area contributed by atoms with Gasteiger partial charge in [-0.1, -0.05) is 55.9 Å². The third-order valence-corrected chi connectivity index (χ3v) is 2.42. The van der Waals surface area contributed by atoms with Crippen molar-refractivity contribution >= 4 is 19.6 Å². The lowest BCUT2D eigenvalue weighted by Crippen LogP contribution is -1.95. The lowest BCUT2D eigenvalue weighted by atomic mass is 10.5. The highest BCUT2D eigenvalue weighted by molar-refractivity contribution is 5.75. The van der Waals surface area contributed by atoms with Crippen LogP contribution in [0.4, 0.5) is 0 Å². The second-order valence-electron chi connectivity index (χ2n) is 3.51. The zero-order chi connectivity index (χ0) is 14.8. The number of nitrogens with zero attached hydrogens (tertiary/aromatic N) is 3. The number of aryl methyl sites for hydroxylation is 1. The maximum Gasteiger partial charge on any atom is 0.158 e. The molecular weight excluding hydrogens is 257 g/mol. The Bertz CT molecular complexity index is 484. The fourth-order valence-electron chi connectivity index (χ4n) is 1.68. The lowest BCUT2D eigenvalue weighted by Gasteiger charge is -1.99. The van der Waals surface area contributed by atoms with E-state index in [9.17, 15) is 0 Å². The van der Waals surface area contributed by atoms with Gasteiger partial charge in [0.25, 0.3) is 0 Å². The molecule has 0 aromatic carbocycles. The Morgan fingerprint density at radius 2 is 1.57 bits per heavy atom. The predicted octanol–water partition coefficient (Wildman–Crippen LogP) is 5.33. The smallest absolute Gasteiger partial charge is 0.158 e. The minimum absolute atomic E-state index is 0. The number of hydrogen-bond acceptors (Lipinski definition) is 2. The van der Waals surface area contributed by atoms with E-state index in [4.69, 9.17) is 0 Å². The van der Waals surface area contributed by atoms with Crippen LogP contribution < -0.4 is 0 Å². The van der Waals surface area contributed by atoms with Crippen LogP contribution in [0.1, 0.15) is 75.1 Å². The van der Waals surface area contributed by atoms with Crippen LogP contribution in [0.25, 0.3) is 11.2 Å². The van der Waals surface area contributed by atoms with E-state index >= 15 is 0 Å². The molecule has 0 atom stereocenters. The molecule has 0 fully saturated rings. The highest BCUT2D eigenvalue weighted by Gasteiger charge is 2.22. The summed E-state index contributed by atoms with van der Waals surface area (Å²) in [5.41, 5.74) is 4.47. The summed E-state index contributed by atoms with van der Waals surface area (Å²) in [6, 6.07) is 2.05. The first kappa shape index (κ1) is 24.7. The molecule has 2 heterocycles. The standard InChI is InChI=1S/C10H11N3.3C2H6.CH4.B.H2/c1-2-4-13-5-3-7-10(13)12-9-6-8(9)11-7;3*1-2;;;/h3,5H,2,4,6H2,1H3;3*1-2H3;1H4;;1H/i;;;;;;1+1. The van der Waals surface area contributed by atoms with Gasteiger partial charge in [0.15, 0.2) is 5.65 Å². The number of rotatable bonds is 2. The molecule has 4 heteroatoms. The van der Waals surface area contributed by atoms with Gasteiger partial charge in [0.2, 0.25) is 0 Å². The third kappa shape index (κ3) is 6.32. The summed E-state index contributed by atoms with van der Waals surface area (Å²) < 4.78 is 2.18. The summed E-state index contributed by atoms with van der Waals surface area (Å²) in [4.78, 5) is 9.04. The summed E-state index contributed by atoms with van der Waals surface area (Å²) in [7, 11) is 0. The van der Waals surface area contributed by atoms with E-state index in [1.54, 1.807) is 0 Å². The van der Waals surface area contributed by atoms with Gasteiger partial charge in [0.1, 0.15) is 5.52 Å². The molecule has 1 aliphatic rings. The molecule has 21 heavy (non-hydrogen) atoms. The molecule has 3 radical (unpaired) electrons. The molecule has 2 aromatic heterocycles. The molecule has 0 N–H and O–H groups in total. The summed E-state index contributed by atoms with van der Waals surface area (Å²) >= 11 is 0. The highest BCUT2D eigenvalue weighted by atomic mass is 15.1. The first-order valence-corrected chi connectivity index (χ1v) is 7.73. The van der Waals surface area contributed by atoms with Crippen molar-refractivity contribution in [2.45, 2.75) is 75.3 Å². The molecule has 0 bridgehead atoms. The second-order valence-corrected chi connectivity index (χ2v) is 3.51. The van der Waals surface area contributed by atoms with Crippen molar-refractivity contribution in [1.29, 1.82) is 0 Å². The van der Waals surface area contributed by atoms with Crippen molar-refractivity contribution in [2.24, 2.45) is 0 Å². The molecule has 1 aliphatic carbocycles. The minimum Gasteiger partial charge on any atom is -0.331 e. The summed E-state index contributed by atoms with van der Waals surface area (Å²) in [5, 5.41) is 0. The van der Waals surface area contributed by atoms with Gasteiger partial charge < -0.3 is 4.57 Å². The summed E-state index contributed by atoms with van der Waals surface area (Å²) in [5.74, 6) is 0. The number of fused-ring (bicyclic) bond motifs is 2. The number of hydrogen-bond donors (Lipinski definition) is 0. The molecule has 0 unspecified atom stereocenters. The van der Waals surface area contributed by atoms with Crippen molar-refractivity contribution in [1.82, 2.24) is 14.5 Å². The Labute approximate surface area is 135 Å². The van der Waals surface area contributed by atoms with E-state index in [0.717, 1.165) is 30.6 Å². The molecule has 3 rings (SSSR count). The molecule has 3 nitrogen and oxygen atoms in total. The molecule has 0 spiro atoms. The Hall–Kier alpha value is -1.32. The van der Waals surface area contributed by atoms with Gasteiger partial charge in [0.05, 0.1) is 11.4 Å². The van der Waals surface area contributed by atoms with Crippen LogP contribution in [0.15, 0.2) is 12.3 Å². The molecule has 121 valence electrons. The predicted molar refractivity (Wildman–Crippen MR) is 99.3 cm³/mol. The number of aromatic nitrogens is 3. The first-order chi connectivity index (χ1) is 9.38. The van der Waals surface area contributed by atoms with Crippen LogP contribution in [-0.4, -0.2) is 22.9 Å².